The molecule has 3 nitrogen and oxygen atoms in total. The fraction of sp³-hybridized carbons (Fsp3) is 0.769. The predicted octanol–water partition coefficient (Wildman–Crippen LogP) is 1.94. The number of nitrogens with zero attached hydrogens (tertiary/aromatic N) is 1. The predicted molar refractivity (Wildman–Crippen MR) is 67.3 cm³/mol. The van der Waals surface area contributed by atoms with Gasteiger partial charge in [0, 0.05) is 19.1 Å². The molecule has 1 amide bonds. The van der Waals surface area contributed by atoms with Gasteiger partial charge >= 0.3 is 0 Å². The maximum absolute atomic E-state index is 12.0. The van der Waals surface area contributed by atoms with Crippen LogP contribution in [0, 0.1) is 0 Å². The van der Waals surface area contributed by atoms with Crippen molar-refractivity contribution in [2.24, 2.45) is 0 Å². The monoisotopic (exact) mass is 224 g/mol. The third-order valence-corrected chi connectivity index (χ3v) is 3.13. The lowest BCUT2D eigenvalue weighted by Crippen LogP contribution is -2.46. The second-order valence-electron chi connectivity index (χ2n) is 4.69. The van der Waals surface area contributed by atoms with Gasteiger partial charge in [-0.3, -0.25) is 4.79 Å². The van der Waals surface area contributed by atoms with Crippen LogP contribution in [0.15, 0.2) is 12.7 Å². The molecule has 0 aromatic heterocycles. The lowest BCUT2D eigenvalue weighted by Gasteiger charge is -2.24. The maximum Gasteiger partial charge on any atom is 0.239 e. The SMILES string of the molecule is C=CCCC(C)NC(C)C(=O)N1CCCC1. The van der Waals surface area contributed by atoms with Crippen LogP contribution in [0.5, 0.6) is 0 Å². The van der Waals surface area contributed by atoms with Crippen LogP contribution in [-0.4, -0.2) is 36.0 Å². The van der Waals surface area contributed by atoms with Crippen LogP contribution < -0.4 is 5.32 Å². The highest BCUT2D eigenvalue weighted by Crippen LogP contribution is 2.09. The van der Waals surface area contributed by atoms with E-state index in [4.69, 9.17) is 0 Å². The molecule has 0 radical (unpaired) electrons. The van der Waals surface area contributed by atoms with Crippen molar-refractivity contribution in [2.75, 3.05) is 13.1 Å². The fourth-order valence-electron chi connectivity index (χ4n) is 2.16. The number of amides is 1. The lowest BCUT2D eigenvalue weighted by atomic mass is 10.1. The van der Waals surface area contributed by atoms with Gasteiger partial charge in [0.05, 0.1) is 6.04 Å². The zero-order chi connectivity index (χ0) is 12.0. The van der Waals surface area contributed by atoms with Crippen molar-refractivity contribution >= 4 is 5.91 Å². The van der Waals surface area contributed by atoms with E-state index in [0.717, 1.165) is 38.8 Å². The quantitative estimate of drug-likeness (QED) is 0.699. The van der Waals surface area contributed by atoms with Gasteiger partial charge in [-0.05, 0) is 39.5 Å². The van der Waals surface area contributed by atoms with Crippen molar-refractivity contribution < 1.29 is 4.79 Å². The molecule has 16 heavy (non-hydrogen) atoms. The smallest absolute Gasteiger partial charge is 0.239 e. The average Bonchev–Trinajstić information content (AvgIpc) is 2.78. The molecular weight excluding hydrogens is 200 g/mol. The summed E-state index contributed by atoms with van der Waals surface area (Å²) in [6, 6.07) is 0.317. The van der Waals surface area contributed by atoms with Gasteiger partial charge < -0.3 is 10.2 Å². The van der Waals surface area contributed by atoms with Gasteiger partial charge in [-0.2, -0.15) is 0 Å². The van der Waals surface area contributed by atoms with Gasteiger partial charge in [-0.15, -0.1) is 6.58 Å². The van der Waals surface area contributed by atoms with Gasteiger partial charge in [0.15, 0.2) is 0 Å². The van der Waals surface area contributed by atoms with Crippen LogP contribution in [0.4, 0.5) is 0 Å². The summed E-state index contributed by atoms with van der Waals surface area (Å²) in [6.45, 7) is 9.67. The van der Waals surface area contributed by atoms with Crippen molar-refractivity contribution in [3.8, 4) is 0 Å². The summed E-state index contributed by atoms with van der Waals surface area (Å²) in [7, 11) is 0. The normalized spacial score (nSPS) is 19.5. The molecule has 1 N–H and O–H groups in total. The van der Waals surface area contributed by atoms with Crippen molar-refractivity contribution in [3.05, 3.63) is 12.7 Å². The van der Waals surface area contributed by atoms with Crippen molar-refractivity contribution in [1.82, 2.24) is 10.2 Å². The van der Waals surface area contributed by atoms with E-state index >= 15 is 0 Å². The molecule has 0 saturated carbocycles. The molecule has 92 valence electrons. The Labute approximate surface area is 98.9 Å². The molecule has 2 atom stereocenters. The molecule has 0 bridgehead atoms. The molecule has 1 rings (SSSR count). The van der Waals surface area contributed by atoms with Crippen LogP contribution in [0.2, 0.25) is 0 Å². The average molecular weight is 224 g/mol. The van der Waals surface area contributed by atoms with Crippen LogP contribution in [0.25, 0.3) is 0 Å². The molecule has 0 aromatic rings. The third kappa shape index (κ3) is 3.97. The Hall–Kier alpha value is -0.830. The van der Waals surface area contributed by atoms with E-state index in [0.29, 0.717) is 6.04 Å². The summed E-state index contributed by atoms with van der Waals surface area (Å²) >= 11 is 0. The van der Waals surface area contributed by atoms with E-state index < -0.39 is 0 Å². The first-order valence-corrected chi connectivity index (χ1v) is 6.31. The van der Waals surface area contributed by atoms with Gasteiger partial charge in [0.25, 0.3) is 0 Å². The zero-order valence-corrected chi connectivity index (χ0v) is 10.5. The molecule has 0 spiro atoms. The Morgan fingerprint density at radius 3 is 2.62 bits per heavy atom. The summed E-state index contributed by atoms with van der Waals surface area (Å²) in [5, 5.41) is 3.35. The highest BCUT2D eigenvalue weighted by atomic mass is 16.2. The Kier molecular flexibility index (Phi) is 5.53. The molecule has 1 aliphatic heterocycles. The number of carbonyl (C=O) groups excluding carboxylic acids is 1. The molecule has 0 aliphatic carbocycles. The highest BCUT2D eigenvalue weighted by molar-refractivity contribution is 5.81. The summed E-state index contributed by atoms with van der Waals surface area (Å²) in [5.74, 6) is 0.253. The van der Waals surface area contributed by atoms with E-state index in [1.807, 2.05) is 17.9 Å². The summed E-state index contributed by atoms with van der Waals surface area (Å²) in [4.78, 5) is 14.0. The minimum Gasteiger partial charge on any atom is -0.341 e. The number of carbonyl (C=O) groups is 1. The Balaban J connectivity index is 2.29. The van der Waals surface area contributed by atoms with Crippen molar-refractivity contribution in [1.29, 1.82) is 0 Å². The zero-order valence-electron chi connectivity index (χ0n) is 10.5. The van der Waals surface area contributed by atoms with Gasteiger partial charge in [-0.1, -0.05) is 6.08 Å². The number of allylic oxidation sites excluding steroid dienone is 1. The largest absolute Gasteiger partial charge is 0.341 e. The van der Waals surface area contributed by atoms with E-state index in [1.54, 1.807) is 0 Å². The standard InChI is InChI=1S/C13H24N2O/c1-4-5-8-11(2)14-12(3)13(16)15-9-6-7-10-15/h4,11-12,14H,1,5-10H2,2-3H3. The van der Waals surface area contributed by atoms with Crippen LogP contribution in [0.1, 0.15) is 39.5 Å². The van der Waals surface area contributed by atoms with Gasteiger partial charge in [-0.25, -0.2) is 0 Å². The number of rotatable bonds is 6. The van der Waals surface area contributed by atoms with Crippen molar-refractivity contribution in [2.45, 2.75) is 51.6 Å². The molecule has 1 aliphatic rings. The lowest BCUT2D eigenvalue weighted by molar-refractivity contribution is -0.132. The Bertz CT molecular complexity index is 234. The first kappa shape index (κ1) is 13.2. The first-order valence-electron chi connectivity index (χ1n) is 6.31. The summed E-state index contributed by atoms with van der Waals surface area (Å²) in [6.07, 6.45) is 6.28. The fourth-order valence-corrected chi connectivity index (χ4v) is 2.16. The molecular formula is C13H24N2O. The van der Waals surface area contributed by atoms with Crippen LogP contribution in [0.3, 0.4) is 0 Å². The number of hydrogen-bond donors (Lipinski definition) is 1. The second kappa shape index (κ2) is 6.69. The Morgan fingerprint density at radius 1 is 1.44 bits per heavy atom. The topological polar surface area (TPSA) is 32.3 Å². The third-order valence-electron chi connectivity index (χ3n) is 3.13. The number of likely N-dealkylation sites (tertiary alicyclic amines) is 1. The highest BCUT2D eigenvalue weighted by Gasteiger charge is 2.23. The second-order valence-corrected chi connectivity index (χ2v) is 4.69. The van der Waals surface area contributed by atoms with E-state index in [1.165, 1.54) is 0 Å². The van der Waals surface area contributed by atoms with Gasteiger partial charge in [0.1, 0.15) is 0 Å². The van der Waals surface area contributed by atoms with Gasteiger partial charge in [0.2, 0.25) is 5.91 Å². The van der Waals surface area contributed by atoms with Crippen molar-refractivity contribution in [3.63, 3.8) is 0 Å². The summed E-state index contributed by atoms with van der Waals surface area (Å²) < 4.78 is 0. The van der Waals surface area contributed by atoms with Crippen LogP contribution >= 0.6 is 0 Å². The minimum absolute atomic E-state index is 0.0575. The van der Waals surface area contributed by atoms with E-state index in [9.17, 15) is 4.79 Å². The van der Waals surface area contributed by atoms with Crippen LogP contribution in [-0.2, 0) is 4.79 Å². The molecule has 1 fully saturated rings. The number of nitrogens with one attached hydrogen (secondary N) is 1. The summed E-state index contributed by atoms with van der Waals surface area (Å²) in [5.41, 5.74) is 0. The van der Waals surface area contributed by atoms with E-state index in [-0.39, 0.29) is 11.9 Å². The maximum atomic E-state index is 12.0. The number of hydrogen-bond acceptors (Lipinski definition) is 2. The first-order chi connectivity index (χ1) is 7.65. The minimum atomic E-state index is -0.0575. The molecule has 2 unspecified atom stereocenters. The molecule has 1 saturated heterocycles. The molecule has 1 heterocycles. The molecule has 0 aromatic carbocycles. The molecule has 3 heteroatoms. The Morgan fingerprint density at radius 2 is 2.06 bits per heavy atom. The van der Waals surface area contributed by atoms with E-state index in [2.05, 4.69) is 18.8 Å².